The second kappa shape index (κ2) is 6.65. The van der Waals surface area contributed by atoms with Gasteiger partial charge in [-0.2, -0.15) is 0 Å². The minimum atomic E-state index is -3.77. The zero-order valence-electron chi connectivity index (χ0n) is 11.4. The Bertz CT molecular complexity index is 699. The van der Waals surface area contributed by atoms with Gasteiger partial charge in [0.1, 0.15) is 5.82 Å². The molecular formula is C14H16FNO3S2. The molecular weight excluding hydrogens is 313 g/mol. The van der Waals surface area contributed by atoms with Crippen molar-refractivity contribution in [1.29, 1.82) is 0 Å². The van der Waals surface area contributed by atoms with E-state index in [9.17, 15) is 12.8 Å². The minimum Gasteiger partial charge on any atom is -0.392 e. The average Bonchev–Trinajstić information content (AvgIpc) is 2.99. The highest BCUT2D eigenvalue weighted by molar-refractivity contribution is 7.89. The van der Waals surface area contributed by atoms with Gasteiger partial charge in [-0.3, -0.25) is 0 Å². The molecule has 0 amide bonds. The maximum atomic E-state index is 13.3. The van der Waals surface area contributed by atoms with E-state index in [1.165, 1.54) is 17.4 Å². The summed E-state index contributed by atoms with van der Waals surface area (Å²) in [5.41, 5.74) is -0.0398. The molecule has 0 aliphatic carbocycles. The number of nitrogens with one attached hydrogen (secondary N) is 1. The van der Waals surface area contributed by atoms with E-state index >= 15 is 0 Å². The zero-order valence-corrected chi connectivity index (χ0v) is 13.0. The summed E-state index contributed by atoms with van der Waals surface area (Å²) in [7, 11) is -3.77. The van der Waals surface area contributed by atoms with Gasteiger partial charge in [-0.05, 0) is 36.1 Å². The van der Waals surface area contributed by atoms with Crippen LogP contribution < -0.4 is 4.72 Å². The van der Waals surface area contributed by atoms with Crippen molar-refractivity contribution in [1.82, 2.24) is 4.72 Å². The minimum absolute atomic E-state index is 0.0398. The Labute approximate surface area is 127 Å². The van der Waals surface area contributed by atoms with Crippen molar-refractivity contribution in [2.45, 2.75) is 30.9 Å². The highest BCUT2D eigenvalue weighted by atomic mass is 32.2. The lowest BCUT2D eigenvalue weighted by Crippen LogP contribution is -2.28. The molecule has 0 saturated heterocycles. The Balaban J connectivity index is 2.29. The normalized spacial score (nSPS) is 13.3. The predicted molar refractivity (Wildman–Crippen MR) is 80.0 cm³/mol. The van der Waals surface area contributed by atoms with E-state index < -0.39 is 22.4 Å². The van der Waals surface area contributed by atoms with Gasteiger partial charge in [0.05, 0.1) is 17.5 Å². The first-order chi connectivity index (χ1) is 9.97. The molecule has 0 bridgehead atoms. The van der Waals surface area contributed by atoms with Crippen LogP contribution in [0.3, 0.4) is 0 Å². The summed E-state index contributed by atoms with van der Waals surface area (Å²) in [4.78, 5) is 0.869. The van der Waals surface area contributed by atoms with Crippen LogP contribution in [0.1, 0.15) is 29.8 Å². The van der Waals surface area contributed by atoms with Crippen LogP contribution in [-0.2, 0) is 16.6 Å². The SMILES string of the molecule is CCC(NS(=O)(=O)c1ccc(F)c(CO)c1)c1cccs1. The van der Waals surface area contributed by atoms with Gasteiger partial charge in [-0.15, -0.1) is 11.3 Å². The summed E-state index contributed by atoms with van der Waals surface area (Å²) in [6.45, 7) is 1.34. The fraction of sp³-hybridized carbons (Fsp3) is 0.286. The van der Waals surface area contributed by atoms with Gasteiger partial charge in [0, 0.05) is 10.4 Å². The van der Waals surface area contributed by atoms with Crippen LogP contribution in [0.15, 0.2) is 40.6 Å². The van der Waals surface area contributed by atoms with Crippen LogP contribution in [0.25, 0.3) is 0 Å². The number of hydrogen-bond donors (Lipinski definition) is 2. The highest BCUT2D eigenvalue weighted by Gasteiger charge is 2.21. The van der Waals surface area contributed by atoms with Gasteiger partial charge in [-0.1, -0.05) is 13.0 Å². The first kappa shape index (κ1) is 16.1. The third kappa shape index (κ3) is 3.68. The molecule has 21 heavy (non-hydrogen) atoms. The van der Waals surface area contributed by atoms with E-state index in [0.717, 1.165) is 17.0 Å². The molecule has 1 aromatic heterocycles. The van der Waals surface area contributed by atoms with Crippen molar-refractivity contribution < 1.29 is 17.9 Å². The van der Waals surface area contributed by atoms with Crippen molar-refractivity contribution in [2.75, 3.05) is 0 Å². The monoisotopic (exact) mass is 329 g/mol. The van der Waals surface area contributed by atoms with Gasteiger partial charge in [0.25, 0.3) is 0 Å². The molecule has 2 aromatic rings. The molecule has 4 nitrogen and oxygen atoms in total. The van der Waals surface area contributed by atoms with E-state index in [-0.39, 0.29) is 16.5 Å². The summed E-state index contributed by atoms with van der Waals surface area (Å²) in [6.07, 6.45) is 0.605. The van der Waals surface area contributed by atoms with Crippen LogP contribution in [0.2, 0.25) is 0 Å². The smallest absolute Gasteiger partial charge is 0.241 e. The molecule has 0 aliphatic rings. The second-order valence-electron chi connectivity index (χ2n) is 4.51. The molecule has 0 saturated carbocycles. The Morgan fingerprint density at radius 3 is 2.71 bits per heavy atom. The second-order valence-corrected chi connectivity index (χ2v) is 7.20. The molecule has 0 spiro atoms. The van der Waals surface area contributed by atoms with Crippen LogP contribution in [0, 0.1) is 5.82 Å². The van der Waals surface area contributed by atoms with Crippen molar-refractivity contribution in [3.05, 3.63) is 52.0 Å². The molecule has 1 atom stereocenters. The lowest BCUT2D eigenvalue weighted by molar-refractivity contribution is 0.275. The molecule has 1 aromatic carbocycles. The van der Waals surface area contributed by atoms with E-state index in [2.05, 4.69) is 4.72 Å². The number of halogens is 1. The van der Waals surface area contributed by atoms with Crippen molar-refractivity contribution in [3.8, 4) is 0 Å². The third-order valence-electron chi connectivity index (χ3n) is 3.09. The average molecular weight is 329 g/mol. The quantitative estimate of drug-likeness (QED) is 0.856. The Morgan fingerprint density at radius 2 is 2.14 bits per heavy atom. The number of rotatable bonds is 6. The molecule has 1 heterocycles. The van der Waals surface area contributed by atoms with Crippen molar-refractivity contribution in [3.63, 3.8) is 0 Å². The molecule has 2 rings (SSSR count). The first-order valence-corrected chi connectivity index (χ1v) is 8.79. The van der Waals surface area contributed by atoms with E-state index in [0.29, 0.717) is 6.42 Å². The van der Waals surface area contributed by atoms with Gasteiger partial charge in [-0.25, -0.2) is 17.5 Å². The van der Waals surface area contributed by atoms with Gasteiger partial charge >= 0.3 is 0 Å². The van der Waals surface area contributed by atoms with Gasteiger partial charge < -0.3 is 5.11 Å². The van der Waals surface area contributed by atoms with Crippen LogP contribution in [0.5, 0.6) is 0 Å². The van der Waals surface area contributed by atoms with Gasteiger partial charge in [0.15, 0.2) is 0 Å². The fourth-order valence-electron chi connectivity index (χ4n) is 1.93. The summed E-state index contributed by atoms with van der Waals surface area (Å²) < 4.78 is 40.7. The van der Waals surface area contributed by atoms with E-state index in [1.807, 2.05) is 24.4 Å². The lowest BCUT2D eigenvalue weighted by atomic mass is 10.2. The predicted octanol–water partition coefficient (Wildman–Crippen LogP) is 2.81. The topological polar surface area (TPSA) is 66.4 Å². The van der Waals surface area contributed by atoms with E-state index in [1.54, 1.807) is 0 Å². The molecule has 7 heteroatoms. The number of sulfonamides is 1. The summed E-state index contributed by atoms with van der Waals surface area (Å²) >= 11 is 1.47. The molecule has 114 valence electrons. The zero-order chi connectivity index (χ0) is 15.5. The number of thiophene rings is 1. The van der Waals surface area contributed by atoms with Crippen molar-refractivity contribution in [2.24, 2.45) is 0 Å². The van der Waals surface area contributed by atoms with Crippen LogP contribution in [-0.4, -0.2) is 13.5 Å². The maximum Gasteiger partial charge on any atom is 0.241 e. The lowest BCUT2D eigenvalue weighted by Gasteiger charge is -2.16. The Kier molecular flexibility index (Phi) is 5.10. The number of aliphatic hydroxyl groups is 1. The Morgan fingerprint density at radius 1 is 1.38 bits per heavy atom. The van der Waals surface area contributed by atoms with E-state index in [4.69, 9.17) is 5.11 Å². The fourth-order valence-corrected chi connectivity index (χ4v) is 4.21. The highest BCUT2D eigenvalue weighted by Crippen LogP contribution is 2.24. The van der Waals surface area contributed by atoms with Crippen LogP contribution >= 0.6 is 11.3 Å². The number of hydrogen-bond acceptors (Lipinski definition) is 4. The maximum absolute atomic E-state index is 13.3. The molecule has 2 N–H and O–H groups in total. The Hall–Kier alpha value is -1.28. The number of benzene rings is 1. The summed E-state index contributed by atoms with van der Waals surface area (Å²) in [6, 6.07) is 6.80. The molecule has 0 fully saturated rings. The largest absolute Gasteiger partial charge is 0.392 e. The molecule has 1 unspecified atom stereocenters. The number of aliphatic hydroxyl groups excluding tert-OH is 1. The first-order valence-electron chi connectivity index (χ1n) is 6.43. The molecule has 0 aliphatic heterocycles. The summed E-state index contributed by atoms with van der Waals surface area (Å²) in [5, 5.41) is 10.9. The van der Waals surface area contributed by atoms with Gasteiger partial charge in [0.2, 0.25) is 10.0 Å². The standard InChI is InChI=1S/C14H16FNO3S2/c1-2-13(14-4-3-7-20-14)16-21(18,19)11-5-6-12(15)10(8-11)9-17/h3-8,13,16-17H,2,9H2,1H3. The summed E-state index contributed by atoms with van der Waals surface area (Å²) in [5.74, 6) is -0.623. The third-order valence-corrected chi connectivity index (χ3v) is 5.55. The molecule has 0 radical (unpaired) electrons. The van der Waals surface area contributed by atoms with Crippen molar-refractivity contribution >= 4 is 21.4 Å². The van der Waals surface area contributed by atoms with Crippen LogP contribution in [0.4, 0.5) is 4.39 Å².